The normalized spacial score (nSPS) is 12.0. The standard InChI is InChI=1S/C18H23N3O4S/c1-6-7-12-8-13(22)21-18(20-12)26-11(4)16(23)15-9(2)14(10(3)19-15)17(24)25-5/h8,11,19H,6-7H2,1-5H3,(H,20,21,22). The third-order valence-electron chi connectivity index (χ3n) is 4.01. The van der Waals surface area contributed by atoms with Crippen molar-refractivity contribution in [2.24, 2.45) is 0 Å². The molecule has 2 rings (SSSR count). The zero-order valence-electron chi connectivity index (χ0n) is 15.6. The van der Waals surface area contributed by atoms with E-state index in [9.17, 15) is 14.4 Å². The Hall–Kier alpha value is -2.35. The second kappa shape index (κ2) is 8.35. The van der Waals surface area contributed by atoms with E-state index in [4.69, 9.17) is 4.74 Å². The molecule has 0 saturated heterocycles. The number of hydrogen-bond acceptors (Lipinski definition) is 6. The number of nitrogens with zero attached hydrogens (tertiary/aromatic N) is 1. The van der Waals surface area contributed by atoms with Crippen molar-refractivity contribution >= 4 is 23.5 Å². The van der Waals surface area contributed by atoms with Crippen LogP contribution in [0.1, 0.15) is 58.1 Å². The highest BCUT2D eigenvalue weighted by Crippen LogP contribution is 2.26. The molecule has 0 aliphatic carbocycles. The second-order valence-electron chi connectivity index (χ2n) is 6.03. The Bertz CT molecular complexity index is 885. The van der Waals surface area contributed by atoms with E-state index >= 15 is 0 Å². The first kappa shape index (κ1) is 20.0. The highest BCUT2D eigenvalue weighted by atomic mass is 32.2. The van der Waals surface area contributed by atoms with Crippen LogP contribution in [0.15, 0.2) is 16.0 Å². The molecule has 0 aromatic carbocycles. The number of rotatable bonds is 7. The monoisotopic (exact) mass is 377 g/mol. The van der Waals surface area contributed by atoms with Gasteiger partial charge in [0, 0.05) is 17.5 Å². The molecule has 0 spiro atoms. The number of thioether (sulfide) groups is 1. The van der Waals surface area contributed by atoms with E-state index in [1.54, 1.807) is 20.8 Å². The van der Waals surface area contributed by atoms with E-state index in [0.29, 0.717) is 39.8 Å². The van der Waals surface area contributed by atoms with E-state index in [0.717, 1.165) is 6.42 Å². The Morgan fingerprint density at radius 3 is 2.62 bits per heavy atom. The highest BCUT2D eigenvalue weighted by Gasteiger charge is 2.26. The van der Waals surface area contributed by atoms with E-state index < -0.39 is 11.2 Å². The van der Waals surface area contributed by atoms with Crippen molar-refractivity contribution in [1.82, 2.24) is 15.0 Å². The molecule has 2 heterocycles. The zero-order chi connectivity index (χ0) is 19.4. The summed E-state index contributed by atoms with van der Waals surface area (Å²) in [7, 11) is 1.31. The number of Topliss-reactive ketones (excluding diaryl/α,β-unsaturated/α-hetero) is 1. The molecule has 2 N–H and O–H groups in total. The number of methoxy groups -OCH3 is 1. The maximum Gasteiger partial charge on any atom is 0.339 e. The minimum atomic E-state index is -0.489. The van der Waals surface area contributed by atoms with Gasteiger partial charge in [0.15, 0.2) is 10.9 Å². The number of nitrogens with one attached hydrogen (secondary N) is 2. The summed E-state index contributed by atoms with van der Waals surface area (Å²) in [5, 5.41) is -0.0757. The number of carbonyl (C=O) groups excluding carboxylic acids is 2. The average molecular weight is 377 g/mol. The van der Waals surface area contributed by atoms with Crippen LogP contribution in [0.25, 0.3) is 0 Å². The van der Waals surface area contributed by atoms with Gasteiger partial charge in [-0.05, 0) is 32.8 Å². The highest BCUT2D eigenvalue weighted by molar-refractivity contribution is 8.00. The Balaban J connectivity index is 2.26. The van der Waals surface area contributed by atoms with Gasteiger partial charge in [-0.25, -0.2) is 9.78 Å². The second-order valence-corrected chi connectivity index (χ2v) is 7.36. The maximum absolute atomic E-state index is 12.8. The number of ether oxygens (including phenoxy) is 1. The van der Waals surface area contributed by atoms with Crippen LogP contribution in [-0.2, 0) is 11.2 Å². The molecule has 1 atom stereocenters. The Morgan fingerprint density at radius 1 is 1.31 bits per heavy atom. The number of esters is 1. The number of aromatic nitrogens is 3. The fourth-order valence-corrected chi connectivity index (χ4v) is 3.64. The number of hydrogen-bond donors (Lipinski definition) is 2. The molecule has 0 radical (unpaired) electrons. The fraction of sp³-hybridized carbons (Fsp3) is 0.444. The molecular weight excluding hydrogens is 354 g/mol. The zero-order valence-corrected chi connectivity index (χ0v) is 16.4. The molecule has 0 fully saturated rings. The van der Waals surface area contributed by atoms with Crippen molar-refractivity contribution in [3.63, 3.8) is 0 Å². The smallest absolute Gasteiger partial charge is 0.339 e. The molecule has 26 heavy (non-hydrogen) atoms. The van der Waals surface area contributed by atoms with Crippen LogP contribution < -0.4 is 5.56 Å². The van der Waals surface area contributed by atoms with Crippen molar-refractivity contribution in [1.29, 1.82) is 0 Å². The SMILES string of the molecule is CCCc1cc(=O)[nH]c(SC(C)C(=O)c2[nH]c(C)c(C(=O)OC)c2C)n1. The minimum Gasteiger partial charge on any atom is -0.465 e. The van der Waals surface area contributed by atoms with Crippen LogP contribution in [0.4, 0.5) is 0 Å². The summed E-state index contributed by atoms with van der Waals surface area (Å²) >= 11 is 1.19. The van der Waals surface area contributed by atoms with Gasteiger partial charge in [0.25, 0.3) is 5.56 Å². The molecule has 0 saturated carbocycles. The lowest BCUT2D eigenvalue weighted by Gasteiger charge is -2.10. The average Bonchev–Trinajstić information content (AvgIpc) is 2.87. The molecule has 1 unspecified atom stereocenters. The van der Waals surface area contributed by atoms with Gasteiger partial charge in [-0.1, -0.05) is 25.1 Å². The van der Waals surface area contributed by atoms with Crippen molar-refractivity contribution in [2.45, 2.75) is 50.9 Å². The first-order chi connectivity index (χ1) is 12.3. The number of aryl methyl sites for hydroxylation is 2. The summed E-state index contributed by atoms with van der Waals surface area (Å²) in [5.41, 5.74) is 2.38. The van der Waals surface area contributed by atoms with Crippen molar-refractivity contribution in [2.75, 3.05) is 7.11 Å². The van der Waals surface area contributed by atoms with Crippen LogP contribution in [0.3, 0.4) is 0 Å². The molecule has 7 nitrogen and oxygen atoms in total. The molecule has 2 aromatic rings. The lowest BCUT2D eigenvalue weighted by atomic mass is 10.1. The largest absolute Gasteiger partial charge is 0.465 e. The summed E-state index contributed by atoms with van der Waals surface area (Å²) in [6.45, 7) is 7.19. The van der Waals surface area contributed by atoms with Crippen LogP contribution in [0, 0.1) is 13.8 Å². The van der Waals surface area contributed by atoms with E-state index in [1.807, 2.05) is 6.92 Å². The van der Waals surface area contributed by atoms with Gasteiger partial charge >= 0.3 is 5.97 Å². The molecular formula is C18H23N3O4S. The van der Waals surface area contributed by atoms with Gasteiger partial charge < -0.3 is 14.7 Å². The quantitative estimate of drug-likeness (QED) is 0.333. The molecule has 0 aliphatic rings. The summed E-state index contributed by atoms with van der Waals surface area (Å²) in [5.74, 6) is -0.650. The maximum atomic E-state index is 12.8. The first-order valence-corrected chi connectivity index (χ1v) is 9.25. The van der Waals surface area contributed by atoms with E-state index in [-0.39, 0.29) is 11.3 Å². The minimum absolute atomic E-state index is 0.172. The predicted octanol–water partition coefficient (Wildman–Crippen LogP) is 2.82. The Labute approximate surface area is 156 Å². The van der Waals surface area contributed by atoms with Gasteiger partial charge in [-0.15, -0.1) is 0 Å². The summed E-state index contributed by atoms with van der Waals surface area (Å²) < 4.78 is 4.77. The summed E-state index contributed by atoms with van der Waals surface area (Å²) in [6, 6.07) is 1.47. The topological polar surface area (TPSA) is 105 Å². The molecule has 0 amide bonds. The van der Waals surface area contributed by atoms with Gasteiger partial charge in [0.05, 0.1) is 23.6 Å². The lowest BCUT2D eigenvalue weighted by Crippen LogP contribution is -2.18. The number of ketones is 1. The molecule has 2 aromatic heterocycles. The molecule has 0 aliphatic heterocycles. The lowest BCUT2D eigenvalue weighted by molar-refractivity contribution is 0.0599. The predicted molar refractivity (Wildman–Crippen MR) is 100 cm³/mol. The van der Waals surface area contributed by atoms with Gasteiger partial charge in [0.2, 0.25) is 0 Å². The Kier molecular flexibility index (Phi) is 6.42. The van der Waals surface area contributed by atoms with Crippen molar-refractivity contribution < 1.29 is 14.3 Å². The fourth-order valence-electron chi connectivity index (χ4n) is 2.75. The van der Waals surface area contributed by atoms with Crippen LogP contribution in [-0.4, -0.2) is 39.1 Å². The number of carbonyl (C=O) groups is 2. The van der Waals surface area contributed by atoms with Crippen LogP contribution in [0.2, 0.25) is 0 Å². The van der Waals surface area contributed by atoms with Crippen LogP contribution in [0.5, 0.6) is 0 Å². The van der Waals surface area contributed by atoms with Crippen LogP contribution >= 0.6 is 11.8 Å². The summed E-state index contributed by atoms with van der Waals surface area (Å²) in [4.78, 5) is 46.5. The van der Waals surface area contributed by atoms with Crippen molar-refractivity contribution in [3.05, 3.63) is 44.6 Å². The summed E-state index contributed by atoms with van der Waals surface area (Å²) in [6.07, 6.45) is 1.59. The third-order valence-corrected chi connectivity index (χ3v) is 4.99. The van der Waals surface area contributed by atoms with E-state index in [1.165, 1.54) is 24.9 Å². The Morgan fingerprint density at radius 2 is 2.00 bits per heavy atom. The third kappa shape index (κ3) is 4.24. The first-order valence-electron chi connectivity index (χ1n) is 8.37. The number of H-pyrrole nitrogens is 2. The van der Waals surface area contributed by atoms with Crippen molar-refractivity contribution in [3.8, 4) is 0 Å². The van der Waals surface area contributed by atoms with E-state index in [2.05, 4.69) is 15.0 Å². The van der Waals surface area contributed by atoms with Gasteiger partial charge in [0.1, 0.15) is 0 Å². The molecule has 8 heteroatoms. The van der Waals surface area contributed by atoms with Gasteiger partial charge in [-0.3, -0.25) is 9.59 Å². The molecule has 0 bridgehead atoms. The molecule has 140 valence electrons. The number of aromatic amines is 2. The van der Waals surface area contributed by atoms with Gasteiger partial charge in [-0.2, -0.15) is 0 Å².